The molecule has 3 aromatic rings. The lowest BCUT2D eigenvalue weighted by molar-refractivity contribution is 0.236. The molecule has 5 nitrogen and oxygen atoms in total. The predicted molar refractivity (Wildman–Crippen MR) is 131 cm³/mol. The van der Waals surface area contributed by atoms with Crippen molar-refractivity contribution in [1.82, 2.24) is 0 Å². The number of thiophene rings is 1. The molecule has 2 atom stereocenters. The summed E-state index contributed by atoms with van der Waals surface area (Å²) in [7, 11) is 0. The number of aliphatic imine (C=N–C) groups is 2. The maximum atomic E-state index is 6.00. The Morgan fingerprint density at radius 2 is 1.59 bits per heavy atom. The Labute approximate surface area is 192 Å². The lowest BCUT2D eigenvalue weighted by Gasteiger charge is -2.21. The molecule has 0 radical (unpaired) electrons. The summed E-state index contributed by atoms with van der Waals surface area (Å²) in [4.78, 5) is 10.7. The summed E-state index contributed by atoms with van der Waals surface area (Å²) in [5.74, 6) is 1.39. The first-order chi connectivity index (χ1) is 15.5. The van der Waals surface area contributed by atoms with E-state index in [1.165, 1.54) is 5.56 Å². The van der Waals surface area contributed by atoms with Gasteiger partial charge >= 0.3 is 0 Å². The number of hydrogen-bond acceptors (Lipinski definition) is 6. The van der Waals surface area contributed by atoms with E-state index >= 15 is 0 Å². The number of nitrogens with zero attached hydrogens (tertiary/aromatic N) is 2. The van der Waals surface area contributed by atoms with Crippen molar-refractivity contribution in [3.8, 4) is 0 Å². The van der Waals surface area contributed by atoms with Crippen LogP contribution in [0.3, 0.4) is 0 Å². The van der Waals surface area contributed by atoms with Crippen LogP contribution in [-0.2, 0) is 9.47 Å². The topological polar surface area (TPSA) is 55.2 Å². The van der Waals surface area contributed by atoms with Crippen LogP contribution in [0, 0.1) is 5.41 Å². The van der Waals surface area contributed by atoms with Crippen LogP contribution in [0.2, 0.25) is 0 Å². The Morgan fingerprint density at radius 1 is 0.844 bits per heavy atom. The minimum absolute atomic E-state index is 0.0315. The van der Waals surface area contributed by atoms with Gasteiger partial charge in [0, 0.05) is 0 Å². The zero-order chi connectivity index (χ0) is 22.1. The number of rotatable bonds is 5. The van der Waals surface area contributed by atoms with Gasteiger partial charge in [0.15, 0.2) is 0 Å². The van der Waals surface area contributed by atoms with Crippen molar-refractivity contribution in [3.63, 3.8) is 0 Å². The summed E-state index contributed by atoms with van der Waals surface area (Å²) < 4.78 is 12.0. The molecule has 32 heavy (non-hydrogen) atoms. The summed E-state index contributed by atoms with van der Waals surface area (Å²) in [5.41, 5.74) is 4.13. The molecule has 0 saturated heterocycles. The highest BCUT2D eigenvalue weighted by Crippen LogP contribution is 2.34. The average molecular weight is 446 g/mol. The van der Waals surface area contributed by atoms with Crippen molar-refractivity contribution in [2.45, 2.75) is 32.9 Å². The normalized spacial score (nSPS) is 20.3. The molecule has 0 aliphatic carbocycles. The zero-order valence-electron chi connectivity index (χ0n) is 18.5. The van der Waals surface area contributed by atoms with E-state index in [2.05, 4.69) is 55.7 Å². The van der Waals surface area contributed by atoms with E-state index in [-0.39, 0.29) is 17.5 Å². The van der Waals surface area contributed by atoms with Crippen molar-refractivity contribution >= 4 is 34.5 Å². The van der Waals surface area contributed by atoms with Crippen molar-refractivity contribution < 1.29 is 9.47 Å². The van der Waals surface area contributed by atoms with Gasteiger partial charge in [-0.15, -0.1) is 11.3 Å². The maximum absolute atomic E-state index is 6.00. The molecule has 0 bridgehead atoms. The van der Waals surface area contributed by atoms with Crippen LogP contribution in [0.5, 0.6) is 0 Å². The summed E-state index contributed by atoms with van der Waals surface area (Å²) >= 11 is 1.63. The second-order valence-corrected chi connectivity index (χ2v) is 10.0. The molecule has 0 unspecified atom stereocenters. The number of anilines is 2. The highest BCUT2D eigenvalue weighted by atomic mass is 32.1. The second kappa shape index (κ2) is 8.43. The Balaban J connectivity index is 1.41. The van der Waals surface area contributed by atoms with Crippen molar-refractivity contribution in [2.75, 3.05) is 18.5 Å². The van der Waals surface area contributed by atoms with Gasteiger partial charge in [0.2, 0.25) is 11.8 Å². The van der Waals surface area contributed by atoms with Gasteiger partial charge in [0.1, 0.15) is 24.1 Å². The minimum Gasteiger partial charge on any atom is -0.475 e. The smallest absolute Gasteiger partial charge is 0.229 e. The van der Waals surface area contributed by atoms with Gasteiger partial charge in [0.05, 0.1) is 23.0 Å². The third-order valence-electron chi connectivity index (χ3n) is 5.77. The van der Waals surface area contributed by atoms with E-state index < -0.39 is 0 Å². The molecule has 3 heterocycles. The van der Waals surface area contributed by atoms with Gasteiger partial charge in [-0.3, -0.25) is 0 Å². The lowest BCUT2D eigenvalue weighted by Crippen LogP contribution is -2.25. The molecule has 0 saturated carbocycles. The fraction of sp³-hybridized carbons (Fsp3) is 0.308. The molecular formula is C26H27N3O2S. The van der Waals surface area contributed by atoms with Crippen molar-refractivity contribution in [3.05, 3.63) is 82.0 Å². The van der Waals surface area contributed by atoms with Crippen LogP contribution in [-0.4, -0.2) is 31.1 Å². The standard InChI is InChI=1S/C26H27N3O2S/c1-26(2,3)22-16-31-24(29-22)18-11-7-8-12-19(18)27-20-13-14-32-23(20)25-28-21(15-30-25)17-9-5-4-6-10-17/h4-14,21-22,27H,15-16H2,1-3H3/t21-,22-/m1/s1. The summed E-state index contributed by atoms with van der Waals surface area (Å²) in [5, 5.41) is 5.63. The molecule has 5 rings (SSSR count). The summed E-state index contributed by atoms with van der Waals surface area (Å²) in [6.45, 7) is 7.76. The van der Waals surface area contributed by atoms with Gasteiger partial charge < -0.3 is 14.8 Å². The molecule has 0 spiro atoms. The van der Waals surface area contributed by atoms with E-state index in [0.717, 1.165) is 21.8 Å². The summed E-state index contributed by atoms with van der Waals surface area (Å²) in [6.07, 6.45) is 0. The molecule has 1 N–H and O–H groups in total. The van der Waals surface area contributed by atoms with Gasteiger partial charge in [-0.1, -0.05) is 63.2 Å². The van der Waals surface area contributed by atoms with Gasteiger partial charge in [0.25, 0.3) is 0 Å². The van der Waals surface area contributed by atoms with Crippen LogP contribution >= 0.6 is 11.3 Å². The number of hydrogen-bond donors (Lipinski definition) is 1. The number of para-hydroxylation sites is 1. The minimum atomic E-state index is 0.0315. The quantitative estimate of drug-likeness (QED) is 0.509. The van der Waals surface area contributed by atoms with Gasteiger partial charge in [-0.25, -0.2) is 9.98 Å². The molecule has 164 valence electrons. The highest BCUT2D eigenvalue weighted by Gasteiger charge is 2.31. The summed E-state index contributed by atoms with van der Waals surface area (Å²) in [6, 6.07) is 20.7. The molecule has 1 aromatic heterocycles. The van der Waals surface area contributed by atoms with Crippen LogP contribution in [0.25, 0.3) is 0 Å². The molecule has 2 aromatic carbocycles. The fourth-order valence-electron chi connectivity index (χ4n) is 3.81. The Bertz CT molecular complexity index is 1160. The van der Waals surface area contributed by atoms with E-state index in [1.54, 1.807) is 11.3 Å². The predicted octanol–water partition coefficient (Wildman–Crippen LogP) is 6.20. The first kappa shape index (κ1) is 20.8. The van der Waals surface area contributed by atoms with Crippen molar-refractivity contribution in [1.29, 1.82) is 0 Å². The van der Waals surface area contributed by atoms with Crippen LogP contribution < -0.4 is 5.32 Å². The monoisotopic (exact) mass is 445 g/mol. The Hall–Kier alpha value is -3.12. The highest BCUT2D eigenvalue weighted by molar-refractivity contribution is 7.12. The fourth-order valence-corrected chi connectivity index (χ4v) is 4.60. The molecule has 2 aliphatic rings. The SMILES string of the molecule is CC(C)(C)[C@H]1COC(c2ccccc2Nc2ccsc2C2=N[C@@H](c3ccccc3)CO2)=N1. The third-order valence-corrected chi connectivity index (χ3v) is 6.67. The Morgan fingerprint density at radius 3 is 2.38 bits per heavy atom. The van der Waals surface area contributed by atoms with E-state index in [4.69, 9.17) is 19.5 Å². The third kappa shape index (κ3) is 4.15. The first-order valence-corrected chi connectivity index (χ1v) is 11.8. The van der Waals surface area contributed by atoms with E-state index in [0.29, 0.717) is 25.0 Å². The average Bonchev–Trinajstić information content (AvgIpc) is 3.55. The van der Waals surface area contributed by atoms with Crippen LogP contribution in [0.4, 0.5) is 11.4 Å². The number of ether oxygens (including phenoxy) is 2. The zero-order valence-corrected chi connectivity index (χ0v) is 19.4. The molecular weight excluding hydrogens is 418 g/mol. The lowest BCUT2D eigenvalue weighted by atomic mass is 9.88. The second-order valence-electron chi connectivity index (χ2n) is 9.13. The molecule has 6 heteroatoms. The number of benzene rings is 2. The number of nitrogens with one attached hydrogen (secondary N) is 1. The first-order valence-electron chi connectivity index (χ1n) is 10.9. The van der Waals surface area contributed by atoms with Crippen LogP contribution in [0.15, 0.2) is 76.0 Å². The molecule has 0 amide bonds. The Kier molecular flexibility index (Phi) is 5.47. The van der Waals surface area contributed by atoms with E-state index in [1.807, 2.05) is 36.4 Å². The van der Waals surface area contributed by atoms with Gasteiger partial charge in [-0.05, 0) is 34.6 Å². The molecule has 0 fully saturated rings. The largest absolute Gasteiger partial charge is 0.475 e. The van der Waals surface area contributed by atoms with Gasteiger partial charge in [-0.2, -0.15) is 0 Å². The van der Waals surface area contributed by atoms with Crippen molar-refractivity contribution in [2.24, 2.45) is 15.4 Å². The van der Waals surface area contributed by atoms with Crippen LogP contribution in [0.1, 0.15) is 42.8 Å². The molecule has 2 aliphatic heterocycles. The van der Waals surface area contributed by atoms with E-state index in [9.17, 15) is 0 Å². The maximum Gasteiger partial charge on any atom is 0.229 e.